The number of benzene rings is 1. The van der Waals surface area contributed by atoms with Gasteiger partial charge in [0.15, 0.2) is 11.5 Å². The van der Waals surface area contributed by atoms with Gasteiger partial charge in [-0.25, -0.2) is 13.8 Å². The third-order valence-electron chi connectivity index (χ3n) is 7.69. The number of alkyl halides is 2. The van der Waals surface area contributed by atoms with Gasteiger partial charge < -0.3 is 34.4 Å². The number of aliphatic hydroxyl groups is 1. The van der Waals surface area contributed by atoms with E-state index in [-0.39, 0.29) is 38.1 Å². The van der Waals surface area contributed by atoms with Gasteiger partial charge in [-0.05, 0) is 45.3 Å². The Morgan fingerprint density at radius 2 is 1.90 bits per heavy atom. The fraction of sp³-hybridized carbons (Fsp3) is 0.704. The van der Waals surface area contributed by atoms with Gasteiger partial charge in [0.1, 0.15) is 5.82 Å². The van der Waals surface area contributed by atoms with Crippen LogP contribution in [0.4, 0.5) is 20.5 Å². The second-order valence-electron chi connectivity index (χ2n) is 10.7. The van der Waals surface area contributed by atoms with Gasteiger partial charge in [-0.2, -0.15) is 4.98 Å². The van der Waals surface area contributed by atoms with Crippen molar-refractivity contribution in [3.05, 3.63) is 12.1 Å². The zero-order valence-corrected chi connectivity index (χ0v) is 22.8. The summed E-state index contributed by atoms with van der Waals surface area (Å²) in [5, 5.41) is 17.6. The van der Waals surface area contributed by atoms with E-state index in [1.54, 1.807) is 12.0 Å². The molecule has 3 saturated heterocycles. The highest BCUT2D eigenvalue weighted by atomic mass is 19.3. The molecule has 1 aromatic heterocycles. The molecule has 5 rings (SSSR count). The van der Waals surface area contributed by atoms with Crippen molar-refractivity contribution in [1.29, 1.82) is 0 Å². The van der Waals surface area contributed by atoms with E-state index in [0.717, 1.165) is 31.4 Å². The summed E-state index contributed by atoms with van der Waals surface area (Å²) in [6.45, 7) is 6.83. The van der Waals surface area contributed by atoms with Gasteiger partial charge in [-0.15, -0.1) is 0 Å². The number of anilines is 2. The highest BCUT2D eigenvalue weighted by Crippen LogP contribution is 2.37. The maximum absolute atomic E-state index is 13.9. The Balaban J connectivity index is 1.39. The van der Waals surface area contributed by atoms with Crippen LogP contribution in [0, 0.1) is 0 Å². The van der Waals surface area contributed by atoms with Crippen molar-refractivity contribution >= 4 is 22.7 Å². The molecule has 3 aliphatic rings. The molecule has 3 aliphatic heterocycles. The first-order valence-electron chi connectivity index (χ1n) is 14.0. The van der Waals surface area contributed by atoms with E-state index in [9.17, 15) is 13.9 Å². The number of likely N-dealkylation sites (tertiary alicyclic amines) is 1. The van der Waals surface area contributed by atoms with Crippen LogP contribution in [0.25, 0.3) is 10.9 Å². The van der Waals surface area contributed by atoms with Crippen LogP contribution >= 0.6 is 0 Å². The van der Waals surface area contributed by atoms with Crippen LogP contribution in [0.2, 0.25) is 0 Å². The highest BCUT2D eigenvalue weighted by molar-refractivity contribution is 5.93. The van der Waals surface area contributed by atoms with E-state index < -0.39 is 12.0 Å². The highest BCUT2D eigenvalue weighted by Gasteiger charge is 2.35. The quantitative estimate of drug-likeness (QED) is 0.286. The summed E-state index contributed by atoms with van der Waals surface area (Å²) in [5.74, 6) is -0.576. The molecule has 0 aliphatic carbocycles. The maximum Gasteiger partial charge on any atom is 0.251 e. The molecule has 39 heavy (non-hydrogen) atoms. The molecule has 0 unspecified atom stereocenters. The number of methoxy groups -OCH3 is 1. The van der Waals surface area contributed by atoms with Gasteiger partial charge in [0, 0.05) is 43.9 Å². The first-order valence-corrected chi connectivity index (χ1v) is 14.0. The SMILES string of the molecule is COc1cc2c(N[C@H](C)N[C@@H]3COC[C@H]3O)nc(N3CCC(F)(F)CC3)nc2cc1OCCCN1CCCC1. The number of hydrogen-bond acceptors (Lipinski definition) is 10. The van der Waals surface area contributed by atoms with Crippen molar-refractivity contribution in [2.75, 3.05) is 69.9 Å². The largest absolute Gasteiger partial charge is 0.493 e. The Labute approximate surface area is 228 Å². The van der Waals surface area contributed by atoms with Crippen molar-refractivity contribution in [1.82, 2.24) is 20.2 Å². The second-order valence-corrected chi connectivity index (χ2v) is 10.7. The van der Waals surface area contributed by atoms with Crippen LogP contribution in [0.1, 0.15) is 39.0 Å². The number of halogens is 2. The number of nitrogens with zero attached hydrogens (tertiary/aromatic N) is 4. The Morgan fingerprint density at radius 1 is 1.13 bits per heavy atom. The summed E-state index contributed by atoms with van der Waals surface area (Å²) in [6.07, 6.45) is 2.10. The Hall–Kier alpha value is -2.54. The van der Waals surface area contributed by atoms with Crippen LogP contribution < -0.4 is 25.0 Å². The van der Waals surface area contributed by atoms with Crippen LogP contribution in [-0.4, -0.2) is 104 Å². The normalized spacial score (nSPS) is 24.3. The molecule has 216 valence electrons. The molecule has 2 aromatic rings. The third-order valence-corrected chi connectivity index (χ3v) is 7.69. The van der Waals surface area contributed by atoms with Crippen LogP contribution in [0.15, 0.2) is 12.1 Å². The summed E-state index contributed by atoms with van der Waals surface area (Å²) in [7, 11) is 1.60. The lowest BCUT2D eigenvalue weighted by Gasteiger charge is -2.32. The van der Waals surface area contributed by atoms with Crippen molar-refractivity contribution < 1.29 is 28.1 Å². The van der Waals surface area contributed by atoms with E-state index in [4.69, 9.17) is 24.2 Å². The molecule has 3 fully saturated rings. The minimum absolute atomic E-state index is 0.174. The third kappa shape index (κ3) is 6.97. The number of hydrogen-bond donors (Lipinski definition) is 3. The molecule has 0 radical (unpaired) electrons. The van der Waals surface area contributed by atoms with Crippen molar-refractivity contribution in [2.45, 2.75) is 63.3 Å². The van der Waals surface area contributed by atoms with Crippen molar-refractivity contribution in [3.8, 4) is 11.5 Å². The first kappa shape index (κ1) is 28.0. The average molecular weight is 551 g/mol. The molecule has 12 heteroatoms. The average Bonchev–Trinajstić information content (AvgIpc) is 3.58. The topological polar surface area (TPSA) is 104 Å². The molecule has 0 amide bonds. The van der Waals surface area contributed by atoms with Gasteiger partial charge in [-0.3, -0.25) is 5.32 Å². The molecule has 3 N–H and O–H groups in total. The minimum Gasteiger partial charge on any atom is -0.493 e. The van der Waals surface area contributed by atoms with E-state index in [2.05, 4.69) is 15.5 Å². The molecule has 0 bridgehead atoms. The molecule has 10 nitrogen and oxygen atoms in total. The number of ether oxygens (including phenoxy) is 3. The van der Waals surface area contributed by atoms with Gasteiger partial charge in [0.05, 0.1) is 50.8 Å². The molecule has 3 atom stereocenters. The lowest BCUT2D eigenvalue weighted by atomic mass is 10.1. The molecular formula is C27H40F2N6O4. The standard InChI is InChI=1S/C27H40F2N6O4/c1-18(30-21-16-38-17-22(21)36)31-25-19-14-23(37-2)24(39-13-5-10-34-8-3-4-9-34)15-20(19)32-26(33-25)35-11-6-27(28,29)7-12-35/h14-15,18,21-22,30,36H,3-13,16-17H2,1-2H3,(H,31,32,33)/t18-,21-,22-/m1/s1. The van der Waals surface area contributed by atoms with E-state index in [1.807, 2.05) is 19.1 Å². The lowest BCUT2D eigenvalue weighted by molar-refractivity contribution is -0.0222. The second kappa shape index (κ2) is 12.3. The number of nitrogens with one attached hydrogen (secondary N) is 2. The summed E-state index contributed by atoms with van der Waals surface area (Å²) >= 11 is 0. The molecule has 0 saturated carbocycles. The number of piperidine rings is 1. The van der Waals surface area contributed by atoms with E-state index in [1.165, 1.54) is 12.8 Å². The van der Waals surface area contributed by atoms with E-state index >= 15 is 0 Å². The predicted molar refractivity (Wildman–Crippen MR) is 145 cm³/mol. The lowest BCUT2D eigenvalue weighted by Crippen LogP contribution is -2.47. The smallest absolute Gasteiger partial charge is 0.251 e. The molecular weight excluding hydrogens is 510 g/mol. The maximum atomic E-state index is 13.9. The summed E-state index contributed by atoms with van der Waals surface area (Å²) < 4.78 is 44.8. The van der Waals surface area contributed by atoms with E-state index in [0.29, 0.717) is 48.6 Å². The summed E-state index contributed by atoms with van der Waals surface area (Å²) in [5.41, 5.74) is 0.631. The van der Waals surface area contributed by atoms with Crippen LogP contribution in [-0.2, 0) is 4.74 Å². The van der Waals surface area contributed by atoms with Gasteiger partial charge >= 0.3 is 0 Å². The van der Waals surface area contributed by atoms with Crippen LogP contribution in [0.5, 0.6) is 11.5 Å². The predicted octanol–water partition coefficient (Wildman–Crippen LogP) is 2.85. The van der Waals surface area contributed by atoms with Crippen molar-refractivity contribution in [3.63, 3.8) is 0 Å². The number of aromatic nitrogens is 2. The minimum atomic E-state index is -2.67. The van der Waals surface area contributed by atoms with Crippen LogP contribution in [0.3, 0.4) is 0 Å². The monoisotopic (exact) mass is 550 g/mol. The fourth-order valence-corrected chi connectivity index (χ4v) is 5.43. The van der Waals surface area contributed by atoms with Gasteiger partial charge in [0.25, 0.3) is 5.92 Å². The number of rotatable bonds is 11. The Kier molecular flexibility index (Phi) is 8.85. The number of aliphatic hydroxyl groups excluding tert-OH is 1. The Morgan fingerprint density at radius 3 is 2.59 bits per heavy atom. The van der Waals surface area contributed by atoms with Gasteiger partial charge in [0.2, 0.25) is 5.95 Å². The zero-order valence-electron chi connectivity index (χ0n) is 22.8. The number of fused-ring (bicyclic) bond motifs is 1. The fourth-order valence-electron chi connectivity index (χ4n) is 5.43. The Bertz CT molecular complexity index is 1110. The molecule has 1 aromatic carbocycles. The first-order chi connectivity index (χ1) is 18.8. The van der Waals surface area contributed by atoms with Gasteiger partial charge in [-0.1, -0.05) is 0 Å². The zero-order chi connectivity index (χ0) is 27.4. The van der Waals surface area contributed by atoms with Crippen molar-refractivity contribution in [2.24, 2.45) is 0 Å². The molecule has 4 heterocycles. The summed E-state index contributed by atoms with van der Waals surface area (Å²) in [6, 6.07) is 3.48. The summed E-state index contributed by atoms with van der Waals surface area (Å²) in [4.78, 5) is 13.8. The molecule has 0 spiro atoms.